The highest BCUT2D eigenvalue weighted by Gasteiger charge is 2.36. The lowest BCUT2D eigenvalue weighted by Gasteiger charge is -2.35. The molecule has 1 aliphatic heterocycles. The maximum Gasteiger partial charge on any atom is 0.417 e. The van der Waals surface area contributed by atoms with Gasteiger partial charge in [0.2, 0.25) is 16.2 Å². The molecule has 15 heteroatoms. The minimum atomic E-state index is -4.79. The molecule has 1 fully saturated rings. The first-order valence-corrected chi connectivity index (χ1v) is 14.9. The van der Waals surface area contributed by atoms with Crippen LogP contribution < -0.4 is 5.32 Å². The normalized spacial score (nSPS) is 15.5. The lowest BCUT2D eigenvalue weighted by Crippen LogP contribution is -2.51. The molecule has 40 heavy (non-hydrogen) atoms. The summed E-state index contributed by atoms with van der Waals surface area (Å²) >= 11 is 7.32. The SMILES string of the molecule is CS/C(=N\C#N)Nc1cc(Cl)c(-c2ccc(S(=O)(=O)N3CCN(C(=O)OC(C)(C)C)CC3)cc2)c(C(F)(F)F)c1. The number of alkyl halides is 3. The van der Waals surface area contributed by atoms with E-state index in [-0.39, 0.29) is 58.1 Å². The van der Waals surface area contributed by atoms with Gasteiger partial charge in [-0.15, -0.1) is 4.99 Å². The monoisotopic (exact) mass is 617 g/mol. The lowest BCUT2D eigenvalue weighted by molar-refractivity contribution is -0.137. The highest BCUT2D eigenvalue weighted by molar-refractivity contribution is 8.13. The molecular weight excluding hydrogens is 591 g/mol. The molecule has 3 rings (SSSR count). The molecule has 1 heterocycles. The van der Waals surface area contributed by atoms with Gasteiger partial charge in [-0.25, -0.2) is 13.2 Å². The average molecular weight is 618 g/mol. The van der Waals surface area contributed by atoms with Crippen LogP contribution in [0.1, 0.15) is 26.3 Å². The Labute approximate surface area is 240 Å². The van der Waals surface area contributed by atoms with Gasteiger partial charge in [0.15, 0.2) is 5.17 Å². The maximum absolute atomic E-state index is 14.0. The highest BCUT2D eigenvalue weighted by atomic mass is 35.5. The predicted molar refractivity (Wildman–Crippen MR) is 149 cm³/mol. The summed E-state index contributed by atoms with van der Waals surface area (Å²) in [6, 6.07) is 7.08. The van der Waals surface area contributed by atoms with Gasteiger partial charge in [0.1, 0.15) is 5.60 Å². The second-order valence-electron chi connectivity index (χ2n) is 9.62. The molecule has 9 nitrogen and oxygen atoms in total. The Balaban J connectivity index is 1.86. The Kier molecular flexibility index (Phi) is 9.66. The topological polar surface area (TPSA) is 115 Å². The van der Waals surface area contributed by atoms with Gasteiger partial charge in [-0.1, -0.05) is 35.5 Å². The number of carbonyl (C=O) groups excluding carboxylic acids is 1. The molecule has 0 radical (unpaired) electrons. The molecule has 216 valence electrons. The van der Waals surface area contributed by atoms with Crippen LogP contribution in [0, 0.1) is 11.5 Å². The van der Waals surface area contributed by atoms with Crippen molar-refractivity contribution < 1.29 is 31.1 Å². The number of anilines is 1. The first-order chi connectivity index (χ1) is 18.6. The summed E-state index contributed by atoms with van der Waals surface area (Å²) in [7, 11) is -3.98. The van der Waals surface area contributed by atoms with Crippen LogP contribution in [-0.2, 0) is 20.9 Å². The van der Waals surface area contributed by atoms with E-state index < -0.39 is 33.5 Å². The van der Waals surface area contributed by atoms with Gasteiger partial charge in [0.05, 0.1) is 15.5 Å². The molecule has 1 aliphatic rings. The molecule has 0 aliphatic carbocycles. The van der Waals surface area contributed by atoms with E-state index in [0.29, 0.717) is 0 Å². The zero-order valence-electron chi connectivity index (χ0n) is 22.0. The van der Waals surface area contributed by atoms with Crippen LogP contribution in [-0.4, -0.2) is 66.9 Å². The molecule has 1 saturated heterocycles. The molecule has 0 aromatic heterocycles. The van der Waals surface area contributed by atoms with E-state index >= 15 is 0 Å². The summed E-state index contributed by atoms with van der Waals surface area (Å²) in [5.74, 6) is 0. The van der Waals surface area contributed by atoms with Crippen LogP contribution in [0.5, 0.6) is 0 Å². The molecule has 2 aromatic carbocycles. The van der Waals surface area contributed by atoms with E-state index in [2.05, 4.69) is 10.3 Å². The van der Waals surface area contributed by atoms with Gasteiger partial charge in [-0.05, 0) is 56.9 Å². The van der Waals surface area contributed by atoms with E-state index in [1.807, 2.05) is 0 Å². The summed E-state index contributed by atoms with van der Waals surface area (Å²) < 4.78 is 75.1. The molecule has 0 atom stereocenters. The molecular formula is C25H27ClF3N5O4S2. The molecule has 0 unspecified atom stereocenters. The molecule has 2 aromatic rings. The number of amidine groups is 1. The van der Waals surface area contributed by atoms with E-state index in [1.165, 1.54) is 39.5 Å². The number of piperazine rings is 1. The number of nitriles is 1. The number of halogens is 4. The van der Waals surface area contributed by atoms with Crippen LogP contribution in [0.4, 0.5) is 23.7 Å². The van der Waals surface area contributed by atoms with Crippen molar-refractivity contribution in [3.63, 3.8) is 0 Å². The standard InChI is InChI=1S/C25H27ClF3N5O4S2/c1-24(2,3)38-23(35)33-9-11-34(12-10-33)40(36,37)18-7-5-16(6-8-18)21-19(25(27,28)29)13-17(14-20(21)26)32-22(39-4)31-15-30/h5-8,13-14H,9-12H2,1-4H3,(H,31,32). The molecule has 0 saturated carbocycles. The summed E-state index contributed by atoms with van der Waals surface area (Å²) in [5, 5.41) is 11.2. The smallest absolute Gasteiger partial charge is 0.417 e. The number of nitrogens with zero attached hydrogens (tertiary/aromatic N) is 4. The number of hydrogen-bond acceptors (Lipinski definition) is 7. The quantitative estimate of drug-likeness (QED) is 0.259. The largest absolute Gasteiger partial charge is 0.444 e. The number of rotatable bonds is 4. The number of carbonyl (C=O) groups is 1. The van der Waals surface area contributed by atoms with Gasteiger partial charge >= 0.3 is 12.3 Å². The third-order valence-electron chi connectivity index (χ3n) is 5.66. The number of nitrogens with one attached hydrogen (secondary N) is 1. The van der Waals surface area contributed by atoms with E-state index in [0.717, 1.165) is 17.8 Å². The van der Waals surface area contributed by atoms with Crippen molar-refractivity contribution in [3.8, 4) is 17.3 Å². The Morgan fingerprint density at radius 3 is 2.23 bits per heavy atom. The second-order valence-corrected chi connectivity index (χ2v) is 12.8. The number of benzene rings is 2. The molecule has 0 spiro atoms. The number of sulfonamides is 1. The Bertz CT molecular complexity index is 1430. The third kappa shape index (κ3) is 7.60. The van der Waals surface area contributed by atoms with Gasteiger partial charge in [0.25, 0.3) is 0 Å². The predicted octanol–water partition coefficient (Wildman–Crippen LogP) is 5.88. The van der Waals surface area contributed by atoms with Crippen molar-refractivity contribution in [2.45, 2.75) is 37.4 Å². The van der Waals surface area contributed by atoms with Crippen LogP contribution in [0.2, 0.25) is 5.02 Å². The number of aliphatic imine (C=N–C) groups is 1. The Morgan fingerprint density at radius 1 is 1.12 bits per heavy atom. The lowest BCUT2D eigenvalue weighted by atomic mass is 9.98. The Morgan fingerprint density at radius 2 is 1.73 bits per heavy atom. The van der Waals surface area contributed by atoms with Crippen molar-refractivity contribution in [1.29, 1.82) is 5.26 Å². The molecule has 1 N–H and O–H groups in total. The first kappa shape index (κ1) is 31.5. The zero-order valence-corrected chi connectivity index (χ0v) is 24.4. The fourth-order valence-corrected chi connectivity index (χ4v) is 5.97. The fraction of sp³-hybridized carbons (Fsp3) is 0.400. The minimum Gasteiger partial charge on any atom is -0.444 e. The maximum atomic E-state index is 14.0. The van der Waals surface area contributed by atoms with Crippen LogP contribution in [0.25, 0.3) is 11.1 Å². The summed E-state index contributed by atoms with van der Waals surface area (Å²) in [4.78, 5) is 17.1. The zero-order chi connectivity index (χ0) is 29.9. The molecule has 1 amide bonds. The third-order valence-corrected chi connectivity index (χ3v) is 8.45. The Hall–Kier alpha value is -2.99. The fourth-order valence-electron chi connectivity index (χ4n) is 3.87. The van der Waals surface area contributed by atoms with Crippen molar-refractivity contribution >= 4 is 50.3 Å². The molecule has 0 bridgehead atoms. The van der Waals surface area contributed by atoms with Gasteiger partial charge in [-0.3, -0.25) is 0 Å². The number of thioether (sulfide) groups is 1. The highest BCUT2D eigenvalue weighted by Crippen LogP contribution is 2.43. The first-order valence-electron chi connectivity index (χ1n) is 11.8. The number of amides is 1. The van der Waals surface area contributed by atoms with E-state index in [9.17, 15) is 26.4 Å². The summed E-state index contributed by atoms with van der Waals surface area (Å²) in [5.41, 5.74) is -2.01. The van der Waals surface area contributed by atoms with Crippen LogP contribution in [0.15, 0.2) is 46.3 Å². The number of ether oxygens (including phenoxy) is 1. The van der Waals surface area contributed by atoms with Crippen molar-refractivity contribution in [2.24, 2.45) is 4.99 Å². The van der Waals surface area contributed by atoms with Crippen molar-refractivity contribution in [2.75, 3.05) is 37.8 Å². The van der Waals surface area contributed by atoms with Crippen LogP contribution in [0.3, 0.4) is 0 Å². The average Bonchev–Trinajstić information content (AvgIpc) is 2.86. The summed E-state index contributed by atoms with van der Waals surface area (Å²) in [6.07, 6.45) is -2.16. The summed E-state index contributed by atoms with van der Waals surface area (Å²) in [6.45, 7) is 5.54. The van der Waals surface area contributed by atoms with Gasteiger partial charge in [0, 0.05) is 37.4 Å². The van der Waals surface area contributed by atoms with Crippen molar-refractivity contribution in [1.82, 2.24) is 9.21 Å². The van der Waals surface area contributed by atoms with E-state index in [4.69, 9.17) is 21.6 Å². The van der Waals surface area contributed by atoms with Crippen molar-refractivity contribution in [3.05, 3.63) is 47.0 Å². The van der Waals surface area contributed by atoms with E-state index in [1.54, 1.807) is 33.2 Å². The number of hydrogen-bond donors (Lipinski definition) is 1. The van der Waals surface area contributed by atoms with Gasteiger partial charge in [-0.2, -0.15) is 22.7 Å². The second kappa shape index (κ2) is 12.3. The van der Waals surface area contributed by atoms with Crippen LogP contribution >= 0.6 is 23.4 Å². The van der Waals surface area contributed by atoms with Gasteiger partial charge < -0.3 is 15.0 Å². The minimum absolute atomic E-state index is 0.0193.